The topological polar surface area (TPSA) is 66.8 Å². The van der Waals surface area contributed by atoms with Crippen LogP contribution in [0.5, 0.6) is 0 Å². The fourth-order valence-electron chi connectivity index (χ4n) is 3.52. The third kappa shape index (κ3) is 4.42. The maximum absolute atomic E-state index is 12.5. The van der Waals surface area contributed by atoms with Crippen LogP contribution >= 0.6 is 23.4 Å². The third-order valence-corrected chi connectivity index (χ3v) is 8.36. The number of hydrogen-bond acceptors (Lipinski definition) is 4. The van der Waals surface area contributed by atoms with Crippen LogP contribution in [-0.2, 0) is 27.6 Å². The van der Waals surface area contributed by atoms with Crippen LogP contribution in [0.3, 0.4) is 0 Å². The van der Waals surface area contributed by atoms with E-state index in [1.165, 1.54) is 11.8 Å². The molecule has 2 aliphatic heterocycles. The average molecular weight is 435 g/mol. The van der Waals surface area contributed by atoms with Crippen molar-refractivity contribution in [3.8, 4) is 0 Å². The second-order valence-electron chi connectivity index (χ2n) is 7.01. The highest BCUT2D eigenvalue weighted by Crippen LogP contribution is 2.39. The van der Waals surface area contributed by atoms with Crippen LogP contribution in [0.15, 0.2) is 59.6 Å². The molecule has 2 aromatic rings. The summed E-state index contributed by atoms with van der Waals surface area (Å²) in [4.78, 5) is 18.8. The zero-order chi connectivity index (χ0) is 19.7. The SMILES string of the molecule is O=C(Cc1ccccc1)N=C1S[C@@H]2CS(=O)(=O)C[C@@H]2N1Cc1ccc(Cl)cc1. The van der Waals surface area contributed by atoms with Crippen molar-refractivity contribution in [2.45, 2.75) is 24.3 Å². The van der Waals surface area contributed by atoms with Gasteiger partial charge in [-0.25, -0.2) is 8.42 Å². The molecule has 2 saturated heterocycles. The van der Waals surface area contributed by atoms with Crippen LogP contribution in [0.1, 0.15) is 11.1 Å². The number of benzene rings is 2. The summed E-state index contributed by atoms with van der Waals surface area (Å²) in [5, 5.41) is 1.18. The van der Waals surface area contributed by atoms with Gasteiger partial charge in [0.1, 0.15) is 0 Å². The second kappa shape index (κ2) is 7.89. The van der Waals surface area contributed by atoms with E-state index in [0.717, 1.165) is 11.1 Å². The molecule has 0 radical (unpaired) electrons. The van der Waals surface area contributed by atoms with Crippen molar-refractivity contribution in [3.05, 3.63) is 70.7 Å². The molecule has 8 heteroatoms. The van der Waals surface area contributed by atoms with E-state index in [1.807, 2.05) is 47.4 Å². The van der Waals surface area contributed by atoms with Crippen LogP contribution in [0.4, 0.5) is 0 Å². The van der Waals surface area contributed by atoms with Gasteiger partial charge in [-0.15, -0.1) is 0 Å². The number of halogens is 1. The van der Waals surface area contributed by atoms with Crippen molar-refractivity contribution >= 4 is 44.3 Å². The molecule has 28 heavy (non-hydrogen) atoms. The maximum Gasteiger partial charge on any atom is 0.252 e. The summed E-state index contributed by atoms with van der Waals surface area (Å²) in [5.41, 5.74) is 1.91. The molecule has 0 aliphatic carbocycles. The highest BCUT2D eigenvalue weighted by atomic mass is 35.5. The Morgan fingerprint density at radius 3 is 2.50 bits per heavy atom. The molecule has 2 atom stereocenters. The fraction of sp³-hybridized carbons (Fsp3) is 0.300. The van der Waals surface area contributed by atoms with E-state index in [4.69, 9.17) is 11.6 Å². The van der Waals surface area contributed by atoms with Gasteiger partial charge in [-0.05, 0) is 23.3 Å². The second-order valence-corrected chi connectivity index (χ2v) is 10.8. The third-order valence-electron chi connectivity index (χ3n) is 4.86. The van der Waals surface area contributed by atoms with Crippen LogP contribution in [-0.4, -0.2) is 47.2 Å². The predicted octanol–water partition coefficient (Wildman–Crippen LogP) is 3.18. The van der Waals surface area contributed by atoms with Crippen molar-refractivity contribution < 1.29 is 13.2 Å². The lowest BCUT2D eigenvalue weighted by Crippen LogP contribution is -2.37. The molecule has 0 spiro atoms. The zero-order valence-corrected chi connectivity index (χ0v) is 17.4. The molecule has 1 amide bonds. The number of rotatable bonds is 4. The van der Waals surface area contributed by atoms with Crippen LogP contribution < -0.4 is 0 Å². The Balaban J connectivity index is 1.57. The Kier molecular flexibility index (Phi) is 5.49. The number of nitrogens with zero attached hydrogens (tertiary/aromatic N) is 2. The lowest BCUT2D eigenvalue weighted by molar-refractivity contribution is -0.117. The molecule has 2 heterocycles. The van der Waals surface area contributed by atoms with Gasteiger partial charge in [-0.3, -0.25) is 4.79 Å². The minimum atomic E-state index is -3.06. The lowest BCUT2D eigenvalue weighted by atomic mass is 10.1. The Bertz CT molecular complexity index is 1010. The molecule has 0 unspecified atom stereocenters. The van der Waals surface area contributed by atoms with Gasteiger partial charge < -0.3 is 4.90 Å². The summed E-state index contributed by atoms with van der Waals surface area (Å²) in [6.07, 6.45) is 0.229. The first kappa shape index (κ1) is 19.5. The van der Waals surface area contributed by atoms with Gasteiger partial charge in [-0.2, -0.15) is 4.99 Å². The number of amidine groups is 1. The minimum absolute atomic E-state index is 0.0828. The molecule has 4 rings (SSSR count). The standard InChI is InChI=1S/C20H19ClN2O3S2/c21-16-8-6-15(7-9-16)11-23-17-12-28(25,26)13-18(17)27-20(23)22-19(24)10-14-4-2-1-3-5-14/h1-9,17-18H,10-13H2/t17-,18+/m0/s1. The summed E-state index contributed by atoms with van der Waals surface area (Å²) < 4.78 is 24.2. The smallest absolute Gasteiger partial charge is 0.252 e. The molecular weight excluding hydrogens is 416 g/mol. The first-order valence-corrected chi connectivity index (χ1v) is 12.0. The van der Waals surface area contributed by atoms with Crippen LogP contribution in [0.2, 0.25) is 5.02 Å². The van der Waals surface area contributed by atoms with E-state index in [-0.39, 0.29) is 35.1 Å². The monoisotopic (exact) mass is 434 g/mol. The van der Waals surface area contributed by atoms with Gasteiger partial charge in [0.2, 0.25) is 0 Å². The number of sulfone groups is 1. The highest BCUT2D eigenvalue weighted by molar-refractivity contribution is 8.15. The summed E-state index contributed by atoms with van der Waals surface area (Å²) >= 11 is 7.37. The number of carbonyl (C=O) groups is 1. The molecule has 5 nitrogen and oxygen atoms in total. The van der Waals surface area contributed by atoms with Crippen molar-refractivity contribution in [1.82, 2.24) is 4.90 Å². The van der Waals surface area contributed by atoms with Gasteiger partial charge in [0.15, 0.2) is 15.0 Å². The van der Waals surface area contributed by atoms with Crippen molar-refractivity contribution in [2.24, 2.45) is 4.99 Å². The van der Waals surface area contributed by atoms with E-state index < -0.39 is 9.84 Å². The molecular formula is C20H19ClN2O3S2. The number of thioether (sulfide) groups is 1. The molecule has 0 saturated carbocycles. The number of fused-ring (bicyclic) bond motifs is 1. The van der Waals surface area contributed by atoms with Gasteiger partial charge in [0.05, 0.1) is 24.0 Å². The summed E-state index contributed by atoms with van der Waals surface area (Å²) in [6.45, 7) is 0.498. The van der Waals surface area contributed by atoms with E-state index in [2.05, 4.69) is 4.99 Å². The number of aliphatic imine (C=N–C) groups is 1. The van der Waals surface area contributed by atoms with E-state index in [9.17, 15) is 13.2 Å². The summed E-state index contributed by atoms with van der Waals surface area (Å²) in [7, 11) is -3.06. The summed E-state index contributed by atoms with van der Waals surface area (Å²) in [6, 6.07) is 16.8. The molecule has 2 aromatic carbocycles. The molecule has 2 aliphatic rings. The van der Waals surface area contributed by atoms with Gasteiger partial charge in [-0.1, -0.05) is 65.8 Å². The van der Waals surface area contributed by atoms with Crippen LogP contribution in [0, 0.1) is 0 Å². The molecule has 146 valence electrons. The quantitative estimate of drug-likeness (QED) is 0.739. The number of carbonyl (C=O) groups excluding carboxylic acids is 1. The highest BCUT2D eigenvalue weighted by Gasteiger charge is 2.48. The Hall–Kier alpha value is -1.83. The Morgan fingerprint density at radius 1 is 1.07 bits per heavy atom. The fourth-order valence-corrected chi connectivity index (χ4v) is 7.62. The maximum atomic E-state index is 12.5. The normalized spacial score (nSPS) is 24.5. The summed E-state index contributed by atoms with van der Waals surface area (Å²) in [5.74, 6) is 0.00724. The van der Waals surface area contributed by atoms with Gasteiger partial charge >= 0.3 is 0 Å². The van der Waals surface area contributed by atoms with Crippen molar-refractivity contribution in [2.75, 3.05) is 11.5 Å². The van der Waals surface area contributed by atoms with E-state index >= 15 is 0 Å². The van der Waals surface area contributed by atoms with Gasteiger partial charge in [0.25, 0.3) is 5.91 Å². The van der Waals surface area contributed by atoms with E-state index in [0.29, 0.717) is 16.7 Å². The van der Waals surface area contributed by atoms with E-state index in [1.54, 1.807) is 12.1 Å². The Labute approximate surface area is 173 Å². The largest absolute Gasteiger partial charge is 0.342 e. The zero-order valence-electron chi connectivity index (χ0n) is 15.0. The van der Waals surface area contributed by atoms with Crippen molar-refractivity contribution in [1.29, 1.82) is 0 Å². The number of amides is 1. The molecule has 0 bridgehead atoms. The minimum Gasteiger partial charge on any atom is -0.342 e. The molecule has 0 N–H and O–H groups in total. The molecule has 2 fully saturated rings. The predicted molar refractivity (Wildman–Crippen MR) is 113 cm³/mol. The molecule has 0 aromatic heterocycles. The van der Waals surface area contributed by atoms with Crippen LogP contribution in [0.25, 0.3) is 0 Å². The lowest BCUT2D eigenvalue weighted by Gasteiger charge is -2.24. The first-order valence-electron chi connectivity index (χ1n) is 8.93. The Morgan fingerprint density at radius 2 is 1.79 bits per heavy atom. The van der Waals surface area contributed by atoms with Gasteiger partial charge in [0, 0.05) is 16.8 Å². The number of hydrogen-bond donors (Lipinski definition) is 0. The average Bonchev–Trinajstić information content (AvgIpc) is 3.10. The van der Waals surface area contributed by atoms with Crippen molar-refractivity contribution in [3.63, 3.8) is 0 Å². The first-order chi connectivity index (χ1) is 13.4.